The van der Waals surface area contributed by atoms with Crippen molar-refractivity contribution in [1.82, 2.24) is 9.55 Å². The molecule has 2 aromatic rings. The zero-order valence-electron chi connectivity index (χ0n) is 13.8. The molecular formula is C17H17BrN2O3S2. The van der Waals surface area contributed by atoms with E-state index in [0.29, 0.717) is 16.5 Å². The lowest BCUT2D eigenvalue weighted by molar-refractivity contribution is -0.140. The van der Waals surface area contributed by atoms with Crippen molar-refractivity contribution in [2.24, 2.45) is 0 Å². The van der Waals surface area contributed by atoms with Gasteiger partial charge in [0.1, 0.15) is 5.25 Å². The van der Waals surface area contributed by atoms with Crippen LogP contribution in [0.1, 0.15) is 19.0 Å². The Morgan fingerprint density at radius 2 is 2.16 bits per heavy atom. The molecule has 1 unspecified atom stereocenters. The van der Waals surface area contributed by atoms with E-state index in [9.17, 15) is 9.59 Å². The van der Waals surface area contributed by atoms with Crippen LogP contribution in [0.25, 0.3) is 5.69 Å². The van der Waals surface area contributed by atoms with Crippen molar-refractivity contribution in [2.45, 2.75) is 35.1 Å². The second-order valence-corrected chi connectivity index (χ2v) is 8.61. The molecule has 1 aromatic heterocycles. The van der Waals surface area contributed by atoms with E-state index in [1.165, 1.54) is 18.9 Å². The van der Waals surface area contributed by atoms with Gasteiger partial charge in [0.25, 0.3) is 5.56 Å². The molecule has 1 aliphatic rings. The molecule has 3 rings (SSSR count). The van der Waals surface area contributed by atoms with Crippen LogP contribution >= 0.6 is 39.5 Å². The van der Waals surface area contributed by atoms with E-state index in [2.05, 4.69) is 15.9 Å². The fraction of sp³-hybridized carbons (Fsp3) is 0.353. The first-order valence-electron chi connectivity index (χ1n) is 7.84. The minimum Gasteiger partial charge on any atom is -0.468 e. The summed E-state index contributed by atoms with van der Waals surface area (Å²) >= 11 is 6.24. The van der Waals surface area contributed by atoms with Crippen LogP contribution in [0.5, 0.6) is 0 Å². The highest BCUT2D eigenvalue weighted by molar-refractivity contribution is 9.10. The predicted molar refractivity (Wildman–Crippen MR) is 104 cm³/mol. The molecule has 1 aliphatic heterocycles. The minimum absolute atomic E-state index is 0.0722. The molecule has 0 spiro atoms. The Kier molecular flexibility index (Phi) is 5.91. The number of fused-ring (bicyclic) bond motifs is 1. The average molecular weight is 441 g/mol. The number of methoxy groups -OCH3 is 1. The van der Waals surface area contributed by atoms with E-state index in [4.69, 9.17) is 9.72 Å². The normalized spacial score (nSPS) is 14.2. The summed E-state index contributed by atoms with van der Waals surface area (Å²) in [6.07, 6.45) is 1.37. The van der Waals surface area contributed by atoms with Crippen LogP contribution in [0.2, 0.25) is 0 Å². The number of thioether (sulfide) groups is 2. The van der Waals surface area contributed by atoms with E-state index in [0.717, 1.165) is 28.0 Å². The molecule has 2 heterocycles. The minimum atomic E-state index is -0.397. The quantitative estimate of drug-likeness (QED) is 0.401. The zero-order valence-corrected chi connectivity index (χ0v) is 17.0. The van der Waals surface area contributed by atoms with Gasteiger partial charge >= 0.3 is 5.97 Å². The second kappa shape index (κ2) is 7.97. The van der Waals surface area contributed by atoms with Gasteiger partial charge in [0.15, 0.2) is 5.16 Å². The number of carbonyl (C=O) groups is 1. The number of halogens is 1. The molecule has 8 heteroatoms. The number of esters is 1. The first kappa shape index (κ1) is 18.5. The Bertz CT molecular complexity index is 852. The molecule has 1 aromatic carbocycles. The third-order valence-corrected chi connectivity index (χ3v) is 6.76. The van der Waals surface area contributed by atoms with E-state index in [-0.39, 0.29) is 11.5 Å². The molecule has 0 bridgehead atoms. The smallest absolute Gasteiger partial charge is 0.319 e. The number of rotatable bonds is 5. The van der Waals surface area contributed by atoms with Crippen molar-refractivity contribution in [1.29, 1.82) is 0 Å². The largest absolute Gasteiger partial charge is 0.468 e. The first-order valence-corrected chi connectivity index (χ1v) is 10.5. The fourth-order valence-electron chi connectivity index (χ4n) is 2.55. The van der Waals surface area contributed by atoms with Gasteiger partial charge in [0.05, 0.1) is 23.4 Å². The molecule has 25 heavy (non-hydrogen) atoms. The van der Waals surface area contributed by atoms with Crippen LogP contribution in [0.3, 0.4) is 0 Å². The number of aryl methyl sites for hydroxylation is 1. The summed E-state index contributed by atoms with van der Waals surface area (Å²) in [5.74, 6) is 0.555. The molecule has 0 radical (unpaired) electrons. The van der Waals surface area contributed by atoms with Crippen LogP contribution in [0.15, 0.2) is 43.6 Å². The molecule has 0 saturated carbocycles. The van der Waals surface area contributed by atoms with E-state index in [1.54, 1.807) is 16.3 Å². The maximum Gasteiger partial charge on any atom is 0.319 e. The molecule has 0 saturated heterocycles. The Morgan fingerprint density at radius 1 is 1.44 bits per heavy atom. The average Bonchev–Trinajstić information content (AvgIpc) is 3.09. The van der Waals surface area contributed by atoms with Gasteiger partial charge in [0, 0.05) is 16.6 Å². The highest BCUT2D eigenvalue weighted by Crippen LogP contribution is 2.32. The summed E-state index contributed by atoms with van der Waals surface area (Å²) in [5.41, 5.74) is 1.49. The fourth-order valence-corrected chi connectivity index (χ4v) is 4.91. The third-order valence-electron chi connectivity index (χ3n) is 3.83. The van der Waals surface area contributed by atoms with Crippen LogP contribution in [0, 0.1) is 0 Å². The third kappa shape index (κ3) is 3.80. The van der Waals surface area contributed by atoms with Crippen molar-refractivity contribution >= 4 is 45.4 Å². The van der Waals surface area contributed by atoms with Gasteiger partial charge in [-0.25, -0.2) is 4.98 Å². The number of nitrogens with zero attached hydrogens (tertiary/aromatic N) is 2. The van der Waals surface area contributed by atoms with E-state index >= 15 is 0 Å². The molecule has 5 nitrogen and oxygen atoms in total. The number of hydrogen-bond acceptors (Lipinski definition) is 6. The van der Waals surface area contributed by atoms with Gasteiger partial charge in [0.2, 0.25) is 0 Å². The molecule has 0 fully saturated rings. The topological polar surface area (TPSA) is 61.2 Å². The second-order valence-electron chi connectivity index (χ2n) is 5.42. The maximum atomic E-state index is 13.0. The lowest BCUT2D eigenvalue weighted by atomic mass is 10.3. The van der Waals surface area contributed by atoms with Gasteiger partial charge in [-0.1, -0.05) is 34.6 Å². The molecule has 132 valence electrons. The number of benzene rings is 1. The summed E-state index contributed by atoms with van der Waals surface area (Å²) in [7, 11) is 1.38. The first-order chi connectivity index (χ1) is 12.0. The van der Waals surface area contributed by atoms with Crippen molar-refractivity contribution in [3.05, 3.63) is 44.8 Å². The van der Waals surface area contributed by atoms with Crippen molar-refractivity contribution in [2.75, 3.05) is 12.9 Å². The maximum absolute atomic E-state index is 13.0. The van der Waals surface area contributed by atoms with Crippen molar-refractivity contribution in [3.8, 4) is 5.69 Å². The lowest BCUT2D eigenvalue weighted by Gasteiger charge is -2.17. The lowest BCUT2D eigenvalue weighted by Crippen LogP contribution is -2.26. The summed E-state index contributed by atoms with van der Waals surface area (Å²) in [5, 5.41) is 0.136. The Balaban J connectivity index is 2.13. The van der Waals surface area contributed by atoms with Gasteiger partial charge in [-0.2, -0.15) is 0 Å². The monoisotopic (exact) mass is 440 g/mol. The SMILES string of the molecule is CCC(Sc1nc2c(c(=O)n1-c1ccc(Br)cc1)SCC2)C(=O)OC. The van der Waals surface area contributed by atoms with Crippen molar-refractivity contribution < 1.29 is 9.53 Å². The highest BCUT2D eigenvalue weighted by Gasteiger charge is 2.26. The highest BCUT2D eigenvalue weighted by atomic mass is 79.9. The zero-order chi connectivity index (χ0) is 18.0. The summed E-state index contributed by atoms with van der Waals surface area (Å²) < 4.78 is 7.40. The van der Waals surface area contributed by atoms with Crippen molar-refractivity contribution in [3.63, 3.8) is 0 Å². The van der Waals surface area contributed by atoms with Crippen LogP contribution in [0.4, 0.5) is 0 Å². The molecule has 1 atom stereocenters. The van der Waals surface area contributed by atoms with E-state index < -0.39 is 5.25 Å². The standard InChI is InChI=1S/C17H17BrN2O3S2/c1-3-13(16(22)23-2)25-17-19-12-8-9-24-14(12)15(21)20(17)11-6-4-10(18)5-7-11/h4-7,13H,3,8-9H2,1-2H3. The molecule has 0 N–H and O–H groups in total. The number of hydrogen-bond donors (Lipinski definition) is 0. The van der Waals surface area contributed by atoms with Gasteiger partial charge in [-0.3, -0.25) is 14.2 Å². The Hall–Kier alpha value is -1.25. The Labute approximate surface area is 162 Å². The Morgan fingerprint density at radius 3 is 2.80 bits per heavy atom. The van der Waals surface area contributed by atoms with Crippen LogP contribution < -0.4 is 5.56 Å². The molecular weight excluding hydrogens is 424 g/mol. The summed E-state index contributed by atoms with van der Waals surface area (Å²) in [6, 6.07) is 7.49. The number of carbonyl (C=O) groups excluding carboxylic acids is 1. The van der Waals surface area contributed by atoms with Gasteiger partial charge in [-0.15, -0.1) is 11.8 Å². The van der Waals surface area contributed by atoms with Crippen LogP contribution in [-0.2, 0) is 16.0 Å². The number of ether oxygens (including phenoxy) is 1. The number of aromatic nitrogens is 2. The predicted octanol–water partition coefficient (Wildman–Crippen LogP) is 3.69. The summed E-state index contributed by atoms with van der Waals surface area (Å²) in [6.45, 7) is 1.92. The van der Waals surface area contributed by atoms with Gasteiger partial charge in [-0.05, 0) is 30.7 Å². The molecule has 0 amide bonds. The van der Waals surface area contributed by atoms with E-state index in [1.807, 2.05) is 31.2 Å². The molecule has 0 aliphatic carbocycles. The van der Waals surface area contributed by atoms with Crippen LogP contribution in [-0.4, -0.2) is 33.6 Å². The van der Waals surface area contributed by atoms with Gasteiger partial charge < -0.3 is 4.74 Å². The summed E-state index contributed by atoms with van der Waals surface area (Å²) in [4.78, 5) is 30.4.